The molecule has 10 heavy (non-hydrogen) atoms. The Morgan fingerprint density at radius 2 is 2.50 bits per heavy atom. The third-order valence-electron chi connectivity index (χ3n) is 1.26. The van der Waals surface area contributed by atoms with Gasteiger partial charge in [-0.15, -0.1) is 0 Å². The van der Waals surface area contributed by atoms with E-state index in [1.54, 1.807) is 24.8 Å². The van der Waals surface area contributed by atoms with Gasteiger partial charge in [0.05, 0.1) is 6.26 Å². The molecule has 0 aromatic heterocycles. The molecule has 0 fully saturated rings. The maximum atomic E-state index is 4.89. The molecule has 52 valence electrons. The fraction of sp³-hybridized carbons (Fsp3) is 0.167. The molecule has 4 nitrogen and oxygen atoms in total. The van der Waals surface area contributed by atoms with Gasteiger partial charge in [-0.25, -0.2) is 0 Å². The summed E-state index contributed by atoms with van der Waals surface area (Å²) in [6, 6.07) is 0. The van der Waals surface area contributed by atoms with Crippen molar-refractivity contribution in [2.24, 2.45) is 5.16 Å². The predicted octanol–water partition coefficient (Wildman–Crippen LogP) is 0.605. The minimum absolute atomic E-state index is 0.472. The second-order valence-corrected chi connectivity index (χ2v) is 1.90. The summed E-state index contributed by atoms with van der Waals surface area (Å²) in [7, 11) is 0. The summed E-state index contributed by atoms with van der Waals surface area (Å²) < 4.78 is 4.89. The van der Waals surface area contributed by atoms with Crippen LogP contribution >= 0.6 is 0 Å². The maximum Gasteiger partial charge on any atom is 0.194 e. The molecular weight excluding hydrogens is 132 g/mol. The van der Waals surface area contributed by atoms with Gasteiger partial charge in [0.15, 0.2) is 12.6 Å². The lowest BCUT2D eigenvalue weighted by Crippen LogP contribution is -2.18. The molecule has 2 aliphatic rings. The summed E-state index contributed by atoms with van der Waals surface area (Å²) in [4.78, 5) is 6.64. The third kappa shape index (κ3) is 0.737. The van der Waals surface area contributed by atoms with Crippen molar-refractivity contribution in [1.82, 2.24) is 4.90 Å². The molecule has 0 saturated carbocycles. The van der Waals surface area contributed by atoms with Crippen LogP contribution < -0.4 is 0 Å². The second kappa shape index (κ2) is 2.06. The predicted molar refractivity (Wildman–Crippen MR) is 34.6 cm³/mol. The average Bonchev–Trinajstić information content (AvgIpc) is 2.28. The van der Waals surface area contributed by atoms with Gasteiger partial charge in [-0.1, -0.05) is 5.16 Å². The van der Waals surface area contributed by atoms with Crippen molar-refractivity contribution < 1.29 is 9.57 Å². The van der Waals surface area contributed by atoms with E-state index in [2.05, 4.69) is 5.16 Å². The second-order valence-electron chi connectivity index (χ2n) is 1.90. The molecule has 4 heteroatoms. The Kier molecular flexibility index (Phi) is 1.10. The summed E-state index contributed by atoms with van der Waals surface area (Å²) in [6.07, 6.45) is 6.65. The molecular formula is C6H6N2O2. The minimum atomic E-state index is 0.472. The number of rotatable bonds is 0. The molecule has 0 spiro atoms. The molecule has 0 N–H and O–H groups in total. The molecule has 2 rings (SSSR count). The zero-order chi connectivity index (χ0) is 6.81. The van der Waals surface area contributed by atoms with Crippen LogP contribution in [0.2, 0.25) is 0 Å². The molecule has 0 aromatic carbocycles. The van der Waals surface area contributed by atoms with E-state index in [0.29, 0.717) is 6.73 Å². The summed E-state index contributed by atoms with van der Waals surface area (Å²) in [5.41, 5.74) is 0. The Morgan fingerprint density at radius 3 is 3.50 bits per heavy atom. The van der Waals surface area contributed by atoms with Crippen LogP contribution in [0.3, 0.4) is 0 Å². The Balaban J connectivity index is 2.29. The van der Waals surface area contributed by atoms with Crippen molar-refractivity contribution in [3.05, 3.63) is 24.8 Å². The highest BCUT2D eigenvalue weighted by molar-refractivity contribution is 5.93. The molecule has 0 amide bonds. The number of hydrogen-bond donors (Lipinski definition) is 0. The quantitative estimate of drug-likeness (QED) is 0.491. The van der Waals surface area contributed by atoms with Gasteiger partial charge in [-0.2, -0.15) is 0 Å². The fourth-order valence-electron chi connectivity index (χ4n) is 0.775. The summed E-state index contributed by atoms with van der Waals surface area (Å²) in [6.45, 7) is 0.472. The van der Waals surface area contributed by atoms with E-state index in [9.17, 15) is 0 Å². The standard InChI is InChI=1S/C6H6N2O2/c1-3-9-4-2-8-5-10-7-6(1)8/h1-4H,5H2. The Morgan fingerprint density at radius 1 is 1.50 bits per heavy atom. The Bertz CT molecular complexity index is 220. The number of hydrogen-bond acceptors (Lipinski definition) is 4. The van der Waals surface area contributed by atoms with Crippen LogP contribution in [0.15, 0.2) is 30.0 Å². The van der Waals surface area contributed by atoms with Crippen molar-refractivity contribution >= 4 is 5.84 Å². The van der Waals surface area contributed by atoms with Gasteiger partial charge in [-0.3, -0.25) is 4.90 Å². The van der Waals surface area contributed by atoms with Crippen molar-refractivity contribution in [2.75, 3.05) is 6.73 Å². The van der Waals surface area contributed by atoms with Crippen LogP contribution in [-0.2, 0) is 9.57 Å². The van der Waals surface area contributed by atoms with Crippen molar-refractivity contribution in [2.45, 2.75) is 0 Å². The first-order valence-corrected chi connectivity index (χ1v) is 2.92. The molecule has 0 aromatic rings. The van der Waals surface area contributed by atoms with E-state index >= 15 is 0 Å². The van der Waals surface area contributed by atoms with Crippen molar-refractivity contribution in [1.29, 1.82) is 0 Å². The molecule has 0 atom stereocenters. The molecule has 0 bridgehead atoms. The van der Waals surface area contributed by atoms with Gasteiger partial charge < -0.3 is 9.57 Å². The maximum absolute atomic E-state index is 4.89. The highest BCUT2D eigenvalue weighted by Crippen LogP contribution is 2.07. The molecule has 0 unspecified atom stereocenters. The van der Waals surface area contributed by atoms with E-state index in [-0.39, 0.29) is 0 Å². The van der Waals surface area contributed by atoms with Gasteiger partial charge in [0.2, 0.25) is 0 Å². The van der Waals surface area contributed by atoms with Crippen LogP contribution in [0.4, 0.5) is 0 Å². The summed E-state index contributed by atoms with van der Waals surface area (Å²) in [5, 5.41) is 3.74. The Hall–Kier alpha value is -1.45. The van der Waals surface area contributed by atoms with E-state index in [1.165, 1.54) is 0 Å². The zero-order valence-electron chi connectivity index (χ0n) is 5.23. The summed E-state index contributed by atoms with van der Waals surface area (Å²) in [5.74, 6) is 0.772. The highest BCUT2D eigenvalue weighted by atomic mass is 16.7. The van der Waals surface area contributed by atoms with Crippen LogP contribution in [-0.4, -0.2) is 17.5 Å². The van der Waals surface area contributed by atoms with E-state index < -0.39 is 0 Å². The first-order valence-electron chi connectivity index (χ1n) is 2.92. The van der Waals surface area contributed by atoms with E-state index in [1.807, 2.05) is 4.90 Å². The normalized spacial score (nSPS) is 20.8. The zero-order valence-corrected chi connectivity index (χ0v) is 5.23. The van der Waals surface area contributed by atoms with Gasteiger partial charge in [0, 0.05) is 12.3 Å². The number of oxime groups is 1. The average molecular weight is 138 g/mol. The fourth-order valence-corrected chi connectivity index (χ4v) is 0.775. The minimum Gasteiger partial charge on any atom is -0.471 e. The highest BCUT2D eigenvalue weighted by Gasteiger charge is 2.14. The van der Waals surface area contributed by atoms with Crippen molar-refractivity contribution in [3.8, 4) is 0 Å². The lowest BCUT2D eigenvalue weighted by molar-refractivity contribution is 0.126. The molecule has 0 saturated heterocycles. The Labute approximate surface area is 58.0 Å². The van der Waals surface area contributed by atoms with Gasteiger partial charge in [0.1, 0.15) is 6.26 Å². The lowest BCUT2D eigenvalue weighted by atomic mass is 10.5. The van der Waals surface area contributed by atoms with E-state index in [4.69, 9.17) is 9.57 Å². The SMILES string of the molecule is C1=CC2=NOCN2C=CO1. The number of nitrogens with zero attached hydrogens (tertiary/aromatic N) is 2. The smallest absolute Gasteiger partial charge is 0.194 e. The largest absolute Gasteiger partial charge is 0.471 e. The lowest BCUT2D eigenvalue weighted by Gasteiger charge is -2.04. The van der Waals surface area contributed by atoms with Crippen LogP contribution in [0.25, 0.3) is 0 Å². The molecule has 0 radical (unpaired) electrons. The molecule has 0 aliphatic carbocycles. The van der Waals surface area contributed by atoms with Gasteiger partial charge in [0.25, 0.3) is 0 Å². The van der Waals surface area contributed by atoms with E-state index in [0.717, 1.165) is 5.84 Å². The number of amidine groups is 1. The first kappa shape index (κ1) is 5.34. The number of ether oxygens (including phenoxy) is 1. The molecule has 2 heterocycles. The summed E-state index contributed by atoms with van der Waals surface area (Å²) >= 11 is 0. The third-order valence-corrected chi connectivity index (χ3v) is 1.26. The van der Waals surface area contributed by atoms with Crippen LogP contribution in [0.5, 0.6) is 0 Å². The van der Waals surface area contributed by atoms with Crippen LogP contribution in [0, 0.1) is 0 Å². The van der Waals surface area contributed by atoms with Gasteiger partial charge in [-0.05, 0) is 0 Å². The molecule has 2 aliphatic heterocycles. The topological polar surface area (TPSA) is 34.1 Å². The van der Waals surface area contributed by atoms with Crippen LogP contribution in [0.1, 0.15) is 0 Å². The first-order chi connectivity index (χ1) is 4.97. The number of fused-ring (bicyclic) bond motifs is 1. The monoisotopic (exact) mass is 138 g/mol. The van der Waals surface area contributed by atoms with Crippen molar-refractivity contribution in [3.63, 3.8) is 0 Å². The van der Waals surface area contributed by atoms with Gasteiger partial charge >= 0.3 is 0 Å².